The van der Waals surface area contributed by atoms with Gasteiger partial charge in [0.05, 0.1) is 6.10 Å². The summed E-state index contributed by atoms with van der Waals surface area (Å²) < 4.78 is 6.37. The molecule has 0 aliphatic rings. The molecule has 0 fully saturated rings. The molecule has 0 aliphatic carbocycles. The topological polar surface area (TPSA) is 26.3 Å². The van der Waals surface area contributed by atoms with Gasteiger partial charge in [0.25, 0.3) is 0 Å². The van der Waals surface area contributed by atoms with Crippen molar-refractivity contribution in [1.29, 1.82) is 0 Å². The van der Waals surface area contributed by atoms with Crippen molar-refractivity contribution in [3.8, 4) is 0 Å². The Bertz CT molecular complexity index is 295. The molecule has 0 aromatic rings. The quantitative estimate of drug-likeness (QED) is 0.528. The summed E-state index contributed by atoms with van der Waals surface area (Å²) in [5.41, 5.74) is 1.50. The molecule has 3 atom stereocenters. The van der Waals surface area contributed by atoms with Gasteiger partial charge in [0.15, 0.2) is 8.32 Å². The lowest BCUT2D eigenvalue weighted by Crippen LogP contribution is -2.47. The molecule has 0 rings (SSSR count). The highest BCUT2D eigenvalue weighted by Crippen LogP contribution is 2.39. The standard InChI is InChI=1S/C14H27ClO2Si/c1-11(8-9-15)13(12(2)10-16)17-18(6,7)14(3,4)5/h8-13H,1-7H3/b9-8-/t11-,12+,13-/m0/s1. The number of carbonyl (C=O) groups is 1. The van der Waals surface area contributed by atoms with Gasteiger partial charge in [-0.05, 0) is 18.1 Å². The van der Waals surface area contributed by atoms with E-state index in [4.69, 9.17) is 16.0 Å². The van der Waals surface area contributed by atoms with Gasteiger partial charge in [-0.15, -0.1) is 0 Å². The molecule has 18 heavy (non-hydrogen) atoms. The summed E-state index contributed by atoms with van der Waals surface area (Å²) in [6.07, 6.45) is 2.76. The lowest BCUT2D eigenvalue weighted by molar-refractivity contribution is -0.113. The second-order valence-corrected chi connectivity index (χ2v) is 11.5. The fourth-order valence-corrected chi connectivity index (χ4v) is 3.20. The minimum atomic E-state index is -1.87. The molecule has 0 aromatic carbocycles. The van der Waals surface area contributed by atoms with Crippen LogP contribution in [0.4, 0.5) is 0 Å². The van der Waals surface area contributed by atoms with E-state index in [1.165, 1.54) is 5.54 Å². The number of hydrogen-bond acceptors (Lipinski definition) is 2. The Balaban J connectivity index is 5.07. The predicted molar refractivity (Wildman–Crippen MR) is 81.5 cm³/mol. The maximum Gasteiger partial charge on any atom is 0.192 e. The second-order valence-electron chi connectivity index (χ2n) is 6.52. The van der Waals surface area contributed by atoms with Gasteiger partial charge in [-0.3, -0.25) is 0 Å². The number of aldehydes is 1. The monoisotopic (exact) mass is 290 g/mol. The smallest absolute Gasteiger partial charge is 0.192 e. The van der Waals surface area contributed by atoms with E-state index in [1.54, 1.807) is 0 Å². The largest absolute Gasteiger partial charge is 0.413 e. The molecule has 0 unspecified atom stereocenters. The second kappa shape index (κ2) is 6.87. The lowest BCUT2D eigenvalue weighted by atomic mass is 9.95. The number of rotatable bonds is 6. The molecule has 0 amide bonds. The number of hydrogen-bond donors (Lipinski definition) is 0. The van der Waals surface area contributed by atoms with Crippen LogP contribution in [-0.2, 0) is 9.22 Å². The van der Waals surface area contributed by atoms with Gasteiger partial charge < -0.3 is 9.22 Å². The van der Waals surface area contributed by atoms with Crippen LogP contribution in [0, 0.1) is 11.8 Å². The van der Waals surface area contributed by atoms with Gasteiger partial charge in [0.1, 0.15) is 6.29 Å². The third kappa shape index (κ3) is 4.86. The molecule has 0 aromatic heterocycles. The van der Waals surface area contributed by atoms with E-state index in [9.17, 15) is 4.79 Å². The molecule has 0 heterocycles. The van der Waals surface area contributed by atoms with Crippen molar-refractivity contribution in [3.63, 3.8) is 0 Å². The summed E-state index contributed by atoms with van der Waals surface area (Å²) in [5, 5.41) is 0.137. The first-order valence-corrected chi connectivity index (χ1v) is 9.81. The molecule has 106 valence electrons. The molecule has 4 heteroatoms. The SMILES string of the molecule is C[C@H](C=O)[C@@H](O[Si](C)(C)C(C)(C)C)[C@@H](C)/C=C\Cl. The van der Waals surface area contributed by atoms with Crippen LogP contribution in [0.5, 0.6) is 0 Å². The first-order valence-electron chi connectivity index (χ1n) is 6.47. The Morgan fingerprint density at radius 2 is 1.67 bits per heavy atom. The van der Waals surface area contributed by atoms with Crippen molar-refractivity contribution in [2.45, 2.75) is 58.9 Å². The Labute approximate surface area is 118 Å². The zero-order chi connectivity index (χ0) is 14.6. The maximum atomic E-state index is 11.1. The molecule has 0 saturated heterocycles. The van der Waals surface area contributed by atoms with Crippen LogP contribution in [0.3, 0.4) is 0 Å². The van der Waals surface area contributed by atoms with Crippen molar-refractivity contribution in [1.82, 2.24) is 0 Å². The van der Waals surface area contributed by atoms with Crippen LogP contribution in [0.1, 0.15) is 34.6 Å². The van der Waals surface area contributed by atoms with Crippen LogP contribution in [0.25, 0.3) is 0 Å². The molecule has 0 bridgehead atoms. The molecule has 0 N–H and O–H groups in total. The average molecular weight is 291 g/mol. The van der Waals surface area contributed by atoms with Crippen molar-refractivity contribution in [2.24, 2.45) is 11.8 Å². The van der Waals surface area contributed by atoms with Crippen LogP contribution in [-0.4, -0.2) is 20.7 Å². The number of halogens is 1. The Kier molecular flexibility index (Phi) is 6.83. The summed E-state index contributed by atoms with van der Waals surface area (Å²) in [4.78, 5) is 11.1. The van der Waals surface area contributed by atoms with E-state index in [-0.39, 0.29) is 23.0 Å². The average Bonchev–Trinajstić information content (AvgIpc) is 2.23. The first-order chi connectivity index (χ1) is 8.06. The molecule has 0 spiro atoms. The van der Waals surface area contributed by atoms with Crippen molar-refractivity contribution < 1.29 is 9.22 Å². The minimum Gasteiger partial charge on any atom is -0.413 e. The summed E-state index contributed by atoms with van der Waals surface area (Å²) in [7, 11) is -1.87. The van der Waals surface area contributed by atoms with Gasteiger partial charge in [-0.25, -0.2) is 0 Å². The minimum absolute atomic E-state index is 0.0987. The molecule has 2 nitrogen and oxygen atoms in total. The Morgan fingerprint density at radius 1 is 1.17 bits per heavy atom. The van der Waals surface area contributed by atoms with Crippen molar-refractivity contribution in [3.05, 3.63) is 11.6 Å². The highest BCUT2D eigenvalue weighted by molar-refractivity contribution is 6.74. The first kappa shape index (κ1) is 17.9. The van der Waals surface area contributed by atoms with Gasteiger partial charge in [0.2, 0.25) is 0 Å². The summed E-state index contributed by atoms with van der Waals surface area (Å²) in [6, 6.07) is 0. The van der Waals surface area contributed by atoms with Crippen LogP contribution in [0.15, 0.2) is 11.6 Å². The molecule has 0 aliphatic heterocycles. The lowest BCUT2D eigenvalue weighted by Gasteiger charge is -2.41. The third-order valence-electron chi connectivity index (χ3n) is 3.86. The van der Waals surface area contributed by atoms with E-state index >= 15 is 0 Å². The zero-order valence-corrected chi connectivity index (χ0v) is 14.4. The highest BCUT2D eigenvalue weighted by atomic mass is 35.5. The van der Waals surface area contributed by atoms with E-state index in [0.717, 1.165) is 6.29 Å². The van der Waals surface area contributed by atoms with Crippen LogP contribution in [0.2, 0.25) is 18.1 Å². The molecular formula is C14H27ClO2Si. The highest BCUT2D eigenvalue weighted by Gasteiger charge is 2.41. The van der Waals surface area contributed by atoms with E-state index < -0.39 is 8.32 Å². The van der Waals surface area contributed by atoms with Crippen molar-refractivity contribution in [2.75, 3.05) is 0 Å². The normalized spacial score (nSPS) is 18.7. The maximum absolute atomic E-state index is 11.1. The summed E-state index contributed by atoms with van der Waals surface area (Å²) in [6.45, 7) is 14.9. The molecular weight excluding hydrogens is 264 g/mol. The third-order valence-corrected chi connectivity index (χ3v) is 8.48. The van der Waals surface area contributed by atoms with Gasteiger partial charge >= 0.3 is 0 Å². The van der Waals surface area contributed by atoms with E-state index in [2.05, 4.69) is 33.9 Å². The van der Waals surface area contributed by atoms with Gasteiger partial charge in [-0.2, -0.15) is 0 Å². The van der Waals surface area contributed by atoms with Crippen LogP contribution >= 0.6 is 11.6 Å². The van der Waals surface area contributed by atoms with Crippen LogP contribution < -0.4 is 0 Å². The Morgan fingerprint density at radius 3 is 2.00 bits per heavy atom. The summed E-state index contributed by atoms with van der Waals surface area (Å²) >= 11 is 5.64. The predicted octanol–water partition coefficient (Wildman–Crippen LogP) is 4.60. The van der Waals surface area contributed by atoms with E-state index in [0.29, 0.717) is 0 Å². The fraction of sp³-hybridized carbons (Fsp3) is 0.786. The zero-order valence-electron chi connectivity index (χ0n) is 12.7. The molecule has 0 radical (unpaired) electrons. The fourth-order valence-electron chi connectivity index (χ4n) is 1.51. The van der Waals surface area contributed by atoms with Gasteiger partial charge in [0, 0.05) is 17.4 Å². The number of carbonyl (C=O) groups excluding carboxylic acids is 1. The molecule has 0 saturated carbocycles. The Hall–Kier alpha value is -0.123. The van der Waals surface area contributed by atoms with E-state index in [1.807, 2.05) is 19.9 Å². The van der Waals surface area contributed by atoms with Crippen molar-refractivity contribution >= 4 is 26.2 Å². The summed E-state index contributed by atoms with van der Waals surface area (Å²) in [5.74, 6) is 0.0128. The van der Waals surface area contributed by atoms with Gasteiger partial charge in [-0.1, -0.05) is 52.3 Å².